The average molecular weight is 896 g/mol. The molecule has 0 bridgehead atoms. The maximum Gasteiger partial charge on any atom is 0.338 e. The Hall–Kier alpha value is -3.77. The maximum absolute atomic E-state index is 14.3. The van der Waals surface area contributed by atoms with Gasteiger partial charge in [0.1, 0.15) is 12.4 Å². The van der Waals surface area contributed by atoms with Crippen molar-refractivity contribution in [2.24, 2.45) is 4.99 Å². The first kappa shape index (κ1) is 35.5. The average Bonchev–Trinajstić information content (AvgIpc) is 3.33. The van der Waals surface area contributed by atoms with Gasteiger partial charge in [0.25, 0.3) is 11.2 Å². The lowest BCUT2D eigenvalue weighted by molar-refractivity contribution is -0.384. The number of aromatic nitrogens is 1. The monoisotopic (exact) mass is 895 g/mol. The number of benzene rings is 3. The number of allylic oxidation sites excluding steroid dienone is 1. The number of carbonyl (C=O) groups is 1. The Labute approximate surface area is 307 Å². The van der Waals surface area contributed by atoms with Crippen LogP contribution < -0.4 is 29.1 Å². The van der Waals surface area contributed by atoms with Gasteiger partial charge in [0, 0.05) is 21.3 Å². The third kappa shape index (κ3) is 7.59. The van der Waals surface area contributed by atoms with E-state index < -0.39 is 16.9 Å². The van der Waals surface area contributed by atoms with E-state index in [-0.39, 0.29) is 36.1 Å². The number of nitro benzene ring substituents is 1. The van der Waals surface area contributed by atoms with Crippen molar-refractivity contribution in [3.05, 3.63) is 120 Å². The number of fused-ring (bicyclic) bond motifs is 1. The summed E-state index contributed by atoms with van der Waals surface area (Å²) in [5.41, 5.74) is 2.42. The normalized spacial score (nSPS) is 14.4. The van der Waals surface area contributed by atoms with Crippen LogP contribution in [0.3, 0.4) is 0 Å². The number of rotatable bonds is 11. The minimum atomic E-state index is -0.835. The summed E-state index contributed by atoms with van der Waals surface area (Å²) in [5, 5.41) is 11.1. The van der Waals surface area contributed by atoms with E-state index in [0.29, 0.717) is 43.4 Å². The Morgan fingerprint density at radius 2 is 1.85 bits per heavy atom. The predicted octanol–water partition coefficient (Wildman–Crippen LogP) is 6.29. The first-order valence-corrected chi connectivity index (χ1v) is 17.8. The lowest BCUT2D eigenvalue weighted by Crippen LogP contribution is -2.40. The number of ether oxygens (including phenoxy) is 4. The molecule has 0 unspecified atom stereocenters. The fourth-order valence-electron chi connectivity index (χ4n) is 5.16. The Morgan fingerprint density at radius 3 is 2.50 bits per heavy atom. The van der Waals surface area contributed by atoms with E-state index in [1.807, 2.05) is 32.0 Å². The standard InChI is InChI=1S/C34H31I2N3O8S/c1-6-45-33(41)29-19(4)37-34-38(30(29)21-9-12-26(47-18(2)3)27(14-21)44-5)32(40)28(48-34)15-22-13-23(35)16-25(36)31(22)46-17-20-7-10-24(11-8-20)39(42)43/h7-16,18,30H,6,17H2,1-5H3/b28-15+/t30-/m0/s1. The fourth-order valence-corrected chi connectivity index (χ4v) is 8.25. The number of esters is 1. The summed E-state index contributed by atoms with van der Waals surface area (Å²) in [5.74, 6) is 1.00. The smallest absolute Gasteiger partial charge is 0.338 e. The highest BCUT2D eigenvalue weighted by Gasteiger charge is 2.34. The molecule has 1 aliphatic heterocycles. The van der Waals surface area contributed by atoms with Gasteiger partial charge in [-0.05, 0) is 126 Å². The molecule has 5 rings (SSSR count). The summed E-state index contributed by atoms with van der Waals surface area (Å²) in [4.78, 5) is 43.4. The number of carbonyl (C=O) groups excluding carboxylic acids is 1. The molecule has 0 N–H and O–H groups in total. The van der Waals surface area contributed by atoms with Crippen LogP contribution in [0.5, 0.6) is 17.2 Å². The van der Waals surface area contributed by atoms with Crippen molar-refractivity contribution in [3.63, 3.8) is 0 Å². The van der Waals surface area contributed by atoms with Gasteiger partial charge in [-0.15, -0.1) is 0 Å². The molecule has 3 aromatic carbocycles. The van der Waals surface area contributed by atoms with Crippen molar-refractivity contribution in [3.8, 4) is 17.2 Å². The Bertz CT molecular complexity index is 2110. The van der Waals surface area contributed by atoms with Crippen LogP contribution in [0, 0.1) is 17.3 Å². The van der Waals surface area contributed by atoms with Gasteiger partial charge >= 0.3 is 5.97 Å². The SMILES string of the molecule is CCOC(=O)C1=C(C)N=c2s/c(=C/c3cc(I)cc(I)c3OCc3ccc([N+](=O)[O-])cc3)c(=O)n2[C@H]1c1ccc(OC(C)C)c(OC)c1. The van der Waals surface area contributed by atoms with Gasteiger partial charge in [0.15, 0.2) is 16.3 Å². The molecule has 0 fully saturated rings. The van der Waals surface area contributed by atoms with Crippen LogP contribution in [0.2, 0.25) is 0 Å². The zero-order chi connectivity index (χ0) is 34.7. The Kier molecular flexibility index (Phi) is 11.2. The molecule has 0 aliphatic carbocycles. The summed E-state index contributed by atoms with van der Waals surface area (Å²) in [6, 6.07) is 14.5. The van der Waals surface area contributed by atoms with Crippen molar-refractivity contribution in [1.29, 1.82) is 0 Å². The molecule has 250 valence electrons. The molecule has 11 nitrogen and oxygen atoms in total. The molecule has 2 heterocycles. The fraction of sp³-hybridized carbons (Fsp3) is 0.265. The van der Waals surface area contributed by atoms with Gasteiger partial charge in [-0.25, -0.2) is 9.79 Å². The second kappa shape index (κ2) is 15.2. The van der Waals surface area contributed by atoms with Crippen LogP contribution in [0.4, 0.5) is 5.69 Å². The van der Waals surface area contributed by atoms with Crippen LogP contribution >= 0.6 is 56.5 Å². The van der Waals surface area contributed by atoms with Gasteiger partial charge in [-0.1, -0.05) is 17.4 Å². The second-order valence-corrected chi connectivity index (χ2v) is 14.3. The number of thiazole rings is 1. The van der Waals surface area contributed by atoms with Crippen molar-refractivity contribution < 1.29 is 28.7 Å². The lowest BCUT2D eigenvalue weighted by Gasteiger charge is -2.25. The van der Waals surface area contributed by atoms with Crippen molar-refractivity contribution in [2.75, 3.05) is 13.7 Å². The van der Waals surface area contributed by atoms with E-state index in [1.54, 1.807) is 44.2 Å². The molecule has 0 saturated heterocycles. The first-order chi connectivity index (χ1) is 22.9. The molecule has 1 aromatic heterocycles. The molecule has 1 atom stereocenters. The third-order valence-corrected chi connectivity index (χ3v) is 9.64. The topological polar surface area (TPSA) is 131 Å². The molecule has 0 radical (unpaired) electrons. The van der Waals surface area contributed by atoms with Crippen LogP contribution in [0.15, 0.2) is 75.7 Å². The van der Waals surface area contributed by atoms with E-state index in [4.69, 9.17) is 18.9 Å². The Morgan fingerprint density at radius 1 is 1.12 bits per heavy atom. The summed E-state index contributed by atoms with van der Waals surface area (Å²) in [6.07, 6.45) is 1.67. The van der Waals surface area contributed by atoms with Gasteiger partial charge < -0.3 is 18.9 Å². The number of methoxy groups -OCH3 is 1. The van der Waals surface area contributed by atoms with E-state index in [1.165, 1.54) is 35.1 Å². The number of hydrogen-bond donors (Lipinski definition) is 0. The third-order valence-electron chi connectivity index (χ3n) is 7.24. The van der Waals surface area contributed by atoms with Gasteiger partial charge in [0.05, 0.1) is 50.2 Å². The molecule has 0 saturated carbocycles. The highest BCUT2D eigenvalue weighted by Crippen LogP contribution is 2.37. The lowest BCUT2D eigenvalue weighted by atomic mass is 9.95. The molecule has 48 heavy (non-hydrogen) atoms. The largest absolute Gasteiger partial charge is 0.493 e. The number of halogens is 2. The molecular formula is C34H31I2N3O8S. The van der Waals surface area contributed by atoms with E-state index in [2.05, 4.69) is 50.2 Å². The summed E-state index contributed by atoms with van der Waals surface area (Å²) < 4.78 is 26.9. The van der Waals surface area contributed by atoms with Crippen molar-refractivity contribution in [2.45, 2.75) is 46.4 Å². The molecule has 14 heteroatoms. The predicted molar refractivity (Wildman–Crippen MR) is 198 cm³/mol. The zero-order valence-electron chi connectivity index (χ0n) is 26.6. The quantitative estimate of drug-likeness (QED) is 0.0744. The number of nitrogens with zero attached hydrogens (tertiary/aromatic N) is 3. The second-order valence-electron chi connectivity index (χ2n) is 10.9. The van der Waals surface area contributed by atoms with E-state index in [0.717, 1.165) is 12.7 Å². The summed E-state index contributed by atoms with van der Waals surface area (Å²) >= 11 is 5.60. The highest BCUT2D eigenvalue weighted by atomic mass is 127. The maximum atomic E-state index is 14.3. The molecule has 4 aromatic rings. The first-order valence-electron chi connectivity index (χ1n) is 14.8. The van der Waals surface area contributed by atoms with E-state index in [9.17, 15) is 19.7 Å². The van der Waals surface area contributed by atoms with Gasteiger partial charge in [0.2, 0.25) is 0 Å². The van der Waals surface area contributed by atoms with Gasteiger partial charge in [-0.3, -0.25) is 19.5 Å². The summed E-state index contributed by atoms with van der Waals surface area (Å²) in [6.45, 7) is 7.61. The van der Waals surface area contributed by atoms with Crippen molar-refractivity contribution >= 4 is 74.3 Å². The molecule has 1 aliphatic rings. The molecular weight excluding hydrogens is 864 g/mol. The number of hydrogen-bond acceptors (Lipinski definition) is 10. The highest BCUT2D eigenvalue weighted by molar-refractivity contribution is 14.1. The van der Waals surface area contributed by atoms with E-state index >= 15 is 0 Å². The van der Waals surface area contributed by atoms with Crippen LogP contribution in [-0.4, -0.2) is 35.3 Å². The van der Waals surface area contributed by atoms with Crippen LogP contribution in [-0.2, 0) is 16.1 Å². The zero-order valence-corrected chi connectivity index (χ0v) is 31.7. The Balaban J connectivity index is 1.63. The van der Waals surface area contributed by atoms with Gasteiger partial charge in [-0.2, -0.15) is 0 Å². The van der Waals surface area contributed by atoms with Crippen LogP contribution in [0.25, 0.3) is 6.08 Å². The van der Waals surface area contributed by atoms with Crippen LogP contribution in [0.1, 0.15) is 50.4 Å². The minimum absolute atomic E-state index is 0.00315. The molecule has 0 amide bonds. The summed E-state index contributed by atoms with van der Waals surface area (Å²) in [7, 11) is 1.54. The molecule has 0 spiro atoms. The number of nitro groups is 1. The van der Waals surface area contributed by atoms with Crippen molar-refractivity contribution in [1.82, 2.24) is 4.57 Å². The minimum Gasteiger partial charge on any atom is -0.493 e. The number of non-ortho nitro benzene ring substituents is 1.